The molecule has 3 aromatic carbocycles. The number of likely N-dealkylation sites (tertiary alicyclic amines) is 1. The van der Waals surface area contributed by atoms with E-state index >= 15 is 0 Å². The summed E-state index contributed by atoms with van der Waals surface area (Å²) >= 11 is 0. The standard InChI is InChI=1S/C22H20N2O2/c25-21(20-12-6-8-16-7-1-2-11-19(16)20)23-18-10-5-9-17(15-18)22(26)24-13-3-4-14-24/h1-2,5-12,15H,3-4,13-14H2,(H,23,25). The van der Waals surface area contributed by atoms with Crippen LogP contribution < -0.4 is 5.32 Å². The van der Waals surface area contributed by atoms with Gasteiger partial charge in [-0.05, 0) is 47.9 Å². The molecule has 1 N–H and O–H groups in total. The van der Waals surface area contributed by atoms with Gasteiger partial charge in [-0.2, -0.15) is 0 Å². The Kier molecular flexibility index (Phi) is 4.40. The molecule has 4 nitrogen and oxygen atoms in total. The molecule has 3 aromatic rings. The van der Waals surface area contributed by atoms with Crippen molar-refractivity contribution in [3.63, 3.8) is 0 Å². The van der Waals surface area contributed by atoms with Gasteiger partial charge >= 0.3 is 0 Å². The molecule has 0 unspecified atom stereocenters. The maximum atomic E-state index is 12.8. The number of hydrogen-bond acceptors (Lipinski definition) is 2. The minimum Gasteiger partial charge on any atom is -0.339 e. The van der Waals surface area contributed by atoms with Crippen molar-refractivity contribution in [1.29, 1.82) is 0 Å². The summed E-state index contributed by atoms with van der Waals surface area (Å²) in [4.78, 5) is 27.2. The van der Waals surface area contributed by atoms with E-state index in [0.717, 1.165) is 36.7 Å². The normalized spacial score (nSPS) is 13.8. The molecule has 1 aliphatic rings. The molecule has 2 amide bonds. The van der Waals surface area contributed by atoms with Gasteiger partial charge in [-0.25, -0.2) is 0 Å². The predicted octanol–water partition coefficient (Wildman–Crippen LogP) is 4.33. The van der Waals surface area contributed by atoms with Crippen LogP contribution in [0.1, 0.15) is 33.6 Å². The van der Waals surface area contributed by atoms with E-state index in [9.17, 15) is 9.59 Å². The zero-order chi connectivity index (χ0) is 17.9. The molecule has 1 aliphatic heterocycles. The third-order valence-corrected chi connectivity index (χ3v) is 4.79. The largest absolute Gasteiger partial charge is 0.339 e. The molecule has 4 heteroatoms. The Morgan fingerprint density at radius 2 is 1.58 bits per heavy atom. The third kappa shape index (κ3) is 3.18. The summed E-state index contributed by atoms with van der Waals surface area (Å²) < 4.78 is 0. The van der Waals surface area contributed by atoms with Gasteiger partial charge in [0.2, 0.25) is 0 Å². The first-order valence-corrected chi connectivity index (χ1v) is 8.91. The number of nitrogens with zero attached hydrogens (tertiary/aromatic N) is 1. The summed E-state index contributed by atoms with van der Waals surface area (Å²) in [6.07, 6.45) is 2.12. The van der Waals surface area contributed by atoms with Crippen LogP contribution in [0.4, 0.5) is 5.69 Å². The van der Waals surface area contributed by atoms with Gasteiger partial charge in [-0.1, -0.05) is 42.5 Å². The van der Waals surface area contributed by atoms with Crippen LogP contribution >= 0.6 is 0 Å². The van der Waals surface area contributed by atoms with E-state index in [0.29, 0.717) is 16.8 Å². The molecule has 0 atom stereocenters. The van der Waals surface area contributed by atoms with E-state index in [2.05, 4.69) is 5.32 Å². The van der Waals surface area contributed by atoms with Gasteiger partial charge < -0.3 is 10.2 Å². The molecular weight excluding hydrogens is 324 g/mol. The average Bonchev–Trinajstić information content (AvgIpc) is 3.22. The maximum absolute atomic E-state index is 12.8. The van der Waals surface area contributed by atoms with Crippen molar-refractivity contribution < 1.29 is 9.59 Å². The molecule has 0 bridgehead atoms. The van der Waals surface area contributed by atoms with Crippen LogP contribution in [-0.4, -0.2) is 29.8 Å². The number of carbonyl (C=O) groups excluding carboxylic acids is 2. The molecule has 0 aliphatic carbocycles. The summed E-state index contributed by atoms with van der Waals surface area (Å²) in [5, 5.41) is 4.87. The van der Waals surface area contributed by atoms with Crippen LogP contribution in [0.3, 0.4) is 0 Å². The minimum absolute atomic E-state index is 0.0313. The van der Waals surface area contributed by atoms with Crippen LogP contribution in [0.5, 0.6) is 0 Å². The Bertz CT molecular complexity index is 969. The van der Waals surface area contributed by atoms with E-state index in [-0.39, 0.29) is 11.8 Å². The van der Waals surface area contributed by atoms with Gasteiger partial charge in [-0.3, -0.25) is 9.59 Å². The lowest BCUT2D eigenvalue weighted by Gasteiger charge is -2.16. The van der Waals surface area contributed by atoms with E-state index in [1.165, 1.54) is 0 Å². The number of carbonyl (C=O) groups is 2. The highest BCUT2D eigenvalue weighted by atomic mass is 16.2. The molecule has 0 radical (unpaired) electrons. The second-order valence-electron chi connectivity index (χ2n) is 6.56. The Hall–Kier alpha value is -3.14. The van der Waals surface area contributed by atoms with Gasteiger partial charge in [0.05, 0.1) is 0 Å². The highest BCUT2D eigenvalue weighted by Gasteiger charge is 2.19. The van der Waals surface area contributed by atoms with Crippen molar-refractivity contribution in [2.45, 2.75) is 12.8 Å². The number of rotatable bonds is 3. The van der Waals surface area contributed by atoms with Crippen molar-refractivity contribution in [3.05, 3.63) is 77.9 Å². The lowest BCUT2D eigenvalue weighted by Crippen LogP contribution is -2.27. The first-order valence-electron chi connectivity index (χ1n) is 8.91. The Morgan fingerprint density at radius 3 is 2.42 bits per heavy atom. The van der Waals surface area contributed by atoms with Gasteiger partial charge in [0.1, 0.15) is 0 Å². The van der Waals surface area contributed by atoms with E-state index < -0.39 is 0 Å². The summed E-state index contributed by atoms with van der Waals surface area (Å²) in [5.41, 5.74) is 1.87. The van der Waals surface area contributed by atoms with Gasteiger partial charge in [-0.15, -0.1) is 0 Å². The number of nitrogens with one attached hydrogen (secondary N) is 1. The van der Waals surface area contributed by atoms with E-state index in [1.54, 1.807) is 12.1 Å². The van der Waals surface area contributed by atoms with Crippen molar-refractivity contribution >= 4 is 28.3 Å². The van der Waals surface area contributed by atoms with Gasteiger partial charge in [0, 0.05) is 29.9 Å². The fourth-order valence-electron chi connectivity index (χ4n) is 3.45. The van der Waals surface area contributed by atoms with Crippen LogP contribution in [-0.2, 0) is 0 Å². The van der Waals surface area contributed by atoms with Crippen molar-refractivity contribution in [2.24, 2.45) is 0 Å². The van der Waals surface area contributed by atoms with E-state index in [1.807, 2.05) is 59.5 Å². The topological polar surface area (TPSA) is 49.4 Å². The first-order chi connectivity index (χ1) is 12.7. The quantitative estimate of drug-likeness (QED) is 0.769. The van der Waals surface area contributed by atoms with Crippen molar-refractivity contribution in [1.82, 2.24) is 4.90 Å². The lowest BCUT2D eigenvalue weighted by atomic mass is 10.0. The summed E-state index contributed by atoms with van der Waals surface area (Å²) in [5.74, 6) is -0.142. The van der Waals surface area contributed by atoms with Crippen molar-refractivity contribution in [3.8, 4) is 0 Å². The highest BCUT2D eigenvalue weighted by Crippen LogP contribution is 2.21. The average molecular weight is 344 g/mol. The molecule has 1 saturated heterocycles. The molecule has 1 fully saturated rings. The van der Waals surface area contributed by atoms with Crippen molar-refractivity contribution in [2.75, 3.05) is 18.4 Å². The highest BCUT2D eigenvalue weighted by molar-refractivity contribution is 6.13. The zero-order valence-corrected chi connectivity index (χ0v) is 14.4. The fraction of sp³-hybridized carbons (Fsp3) is 0.182. The third-order valence-electron chi connectivity index (χ3n) is 4.79. The Balaban J connectivity index is 1.58. The number of hydrogen-bond donors (Lipinski definition) is 1. The van der Waals surface area contributed by atoms with Crippen LogP contribution in [0.25, 0.3) is 10.8 Å². The molecule has 4 rings (SSSR count). The smallest absolute Gasteiger partial charge is 0.256 e. The van der Waals surface area contributed by atoms with Crippen LogP contribution in [0, 0.1) is 0 Å². The van der Waals surface area contributed by atoms with Crippen LogP contribution in [0.2, 0.25) is 0 Å². The fourth-order valence-corrected chi connectivity index (χ4v) is 3.45. The minimum atomic E-state index is -0.174. The second kappa shape index (κ2) is 7.00. The lowest BCUT2D eigenvalue weighted by molar-refractivity contribution is 0.0792. The molecule has 0 saturated carbocycles. The number of anilines is 1. The molecule has 0 aromatic heterocycles. The monoisotopic (exact) mass is 344 g/mol. The Labute approximate surface area is 152 Å². The maximum Gasteiger partial charge on any atom is 0.256 e. The van der Waals surface area contributed by atoms with Crippen LogP contribution in [0.15, 0.2) is 66.7 Å². The molecule has 130 valence electrons. The summed E-state index contributed by atoms with van der Waals surface area (Å²) in [6, 6.07) is 20.7. The number of benzene rings is 3. The zero-order valence-electron chi connectivity index (χ0n) is 14.4. The number of amides is 2. The molecule has 26 heavy (non-hydrogen) atoms. The SMILES string of the molecule is O=C(Nc1cccc(C(=O)N2CCCC2)c1)c1cccc2ccccc12. The second-order valence-corrected chi connectivity index (χ2v) is 6.56. The van der Waals surface area contributed by atoms with Gasteiger partial charge in [0.15, 0.2) is 0 Å². The summed E-state index contributed by atoms with van der Waals surface area (Å²) in [7, 11) is 0. The number of fused-ring (bicyclic) bond motifs is 1. The first kappa shape index (κ1) is 16.3. The van der Waals surface area contributed by atoms with Gasteiger partial charge in [0.25, 0.3) is 11.8 Å². The Morgan fingerprint density at radius 1 is 0.846 bits per heavy atom. The predicted molar refractivity (Wildman–Crippen MR) is 103 cm³/mol. The molecule has 1 heterocycles. The summed E-state index contributed by atoms with van der Waals surface area (Å²) in [6.45, 7) is 1.62. The van der Waals surface area contributed by atoms with E-state index in [4.69, 9.17) is 0 Å². The molecule has 0 spiro atoms. The molecular formula is C22H20N2O2.